The minimum absolute atomic E-state index is 0.209. The number of carbonyl (C=O) groups excluding carboxylic acids is 1. The highest BCUT2D eigenvalue weighted by molar-refractivity contribution is 9.10. The van der Waals surface area contributed by atoms with Crippen LogP contribution in [0.1, 0.15) is 15.9 Å². The van der Waals surface area contributed by atoms with E-state index in [9.17, 15) is 4.79 Å². The second-order valence-corrected chi connectivity index (χ2v) is 5.41. The fourth-order valence-electron chi connectivity index (χ4n) is 1.85. The van der Waals surface area contributed by atoms with Gasteiger partial charge < -0.3 is 14.8 Å². The van der Waals surface area contributed by atoms with Crippen molar-refractivity contribution in [3.63, 3.8) is 0 Å². The lowest BCUT2D eigenvalue weighted by molar-refractivity contribution is 0.0957. The molecule has 0 radical (unpaired) electrons. The first kappa shape index (κ1) is 16.9. The number of ether oxygens (including phenoxy) is 2. The van der Waals surface area contributed by atoms with Gasteiger partial charge in [-0.3, -0.25) is 4.79 Å². The molecule has 0 heterocycles. The van der Waals surface area contributed by atoms with E-state index in [4.69, 9.17) is 9.47 Å². The van der Waals surface area contributed by atoms with Crippen molar-refractivity contribution >= 4 is 21.8 Å². The normalized spacial score (nSPS) is 9.52. The minimum atomic E-state index is -0.209. The minimum Gasteiger partial charge on any atom is -0.497 e. The molecule has 2 aromatic carbocycles. The molecular formula is C18H16BrNO3. The van der Waals surface area contributed by atoms with Gasteiger partial charge in [0.25, 0.3) is 5.91 Å². The van der Waals surface area contributed by atoms with E-state index >= 15 is 0 Å². The molecule has 0 aliphatic heterocycles. The number of rotatable bonds is 4. The Morgan fingerprint density at radius 3 is 2.39 bits per heavy atom. The molecule has 0 aliphatic rings. The van der Waals surface area contributed by atoms with Gasteiger partial charge in [-0.1, -0.05) is 11.8 Å². The number of benzene rings is 2. The van der Waals surface area contributed by atoms with Crippen molar-refractivity contribution in [1.29, 1.82) is 0 Å². The van der Waals surface area contributed by atoms with Crippen LogP contribution in [0.3, 0.4) is 0 Å². The Hall–Kier alpha value is -2.45. The van der Waals surface area contributed by atoms with Gasteiger partial charge in [-0.05, 0) is 58.4 Å². The summed E-state index contributed by atoms with van der Waals surface area (Å²) in [5.74, 6) is 7.10. The Kier molecular flexibility index (Phi) is 6.07. The molecule has 2 aromatic rings. The van der Waals surface area contributed by atoms with Crippen molar-refractivity contribution in [2.45, 2.75) is 0 Å². The van der Waals surface area contributed by atoms with Crippen molar-refractivity contribution in [1.82, 2.24) is 5.32 Å². The Morgan fingerprint density at radius 1 is 1.09 bits per heavy atom. The third-order valence-corrected chi connectivity index (χ3v) is 3.77. The maximum absolute atomic E-state index is 12.1. The summed E-state index contributed by atoms with van der Waals surface area (Å²) in [6.07, 6.45) is 0. The van der Waals surface area contributed by atoms with Gasteiger partial charge in [-0.25, -0.2) is 0 Å². The molecule has 23 heavy (non-hydrogen) atoms. The molecule has 0 aromatic heterocycles. The first-order valence-corrected chi connectivity index (χ1v) is 7.68. The van der Waals surface area contributed by atoms with Crippen molar-refractivity contribution in [2.75, 3.05) is 20.8 Å². The van der Waals surface area contributed by atoms with Gasteiger partial charge in [0.05, 0.1) is 26.3 Å². The largest absolute Gasteiger partial charge is 0.497 e. The molecule has 0 spiro atoms. The van der Waals surface area contributed by atoms with E-state index in [2.05, 4.69) is 33.1 Å². The molecular weight excluding hydrogens is 358 g/mol. The Labute approximate surface area is 143 Å². The summed E-state index contributed by atoms with van der Waals surface area (Å²) in [6.45, 7) is 0.258. The highest BCUT2D eigenvalue weighted by Gasteiger charge is 2.10. The van der Waals surface area contributed by atoms with Crippen LogP contribution >= 0.6 is 15.9 Å². The van der Waals surface area contributed by atoms with Gasteiger partial charge in [-0.2, -0.15) is 0 Å². The summed E-state index contributed by atoms with van der Waals surface area (Å²) in [5.41, 5.74) is 1.37. The number of nitrogens with one attached hydrogen (secondary N) is 1. The van der Waals surface area contributed by atoms with E-state index in [0.717, 1.165) is 11.3 Å². The summed E-state index contributed by atoms with van der Waals surface area (Å²) in [7, 11) is 3.18. The van der Waals surface area contributed by atoms with Gasteiger partial charge in [-0.15, -0.1) is 0 Å². The van der Waals surface area contributed by atoms with Crippen LogP contribution in [-0.4, -0.2) is 26.7 Å². The maximum atomic E-state index is 12.1. The molecule has 0 saturated carbocycles. The van der Waals surface area contributed by atoms with Gasteiger partial charge in [0.1, 0.15) is 11.5 Å². The maximum Gasteiger partial charge on any atom is 0.253 e. The number of carbonyl (C=O) groups is 1. The summed E-state index contributed by atoms with van der Waals surface area (Å²) in [5, 5.41) is 2.76. The standard InChI is InChI=1S/C18H16BrNO3/c1-22-14-7-5-13(6-8-14)4-3-11-20-18(21)16-12-15(23-2)9-10-17(16)19/h5-10,12H,11H2,1-2H3,(H,20,21). The molecule has 0 aliphatic carbocycles. The van der Waals surface area contributed by atoms with Crippen molar-refractivity contribution < 1.29 is 14.3 Å². The monoisotopic (exact) mass is 373 g/mol. The second kappa shape index (κ2) is 8.25. The predicted octanol–water partition coefficient (Wildman–Crippen LogP) is 3.25. The average molecular weight is 374 g/mol. The smallest absolute Gasteiger partial charge is 0.253 e. The van der Waals surface area contributed by atoms with Gasteiger partial charge >= 0.3 is 0 Å². The molecule has 0 bridgehead atoms. The summed E-state index contributed by atoms with van der Waals surface area (Å²) >= 11 is 3.36. The Bertz CT molecular complexity index is 745. The molecule has 0 unspecified atom stereocenters. The van der Waals surface area contributed by atoms with E-state index in [-0.39, 0.29) is 12.5 Å². The molecule has 0 atom stereocenters. The van der Waals surface area contributed by atoms with Crippen LogP contribution in [0, 0.1) is 11.8 Å². The molecule has 1 amide bonds. The predicted molar refractivity (Wildman–Crippen MR) is 92.9 cm³/mol. The van der Waals surface area contributed by atoms with E-state index < -0.39 is 0 Å². The van der Waals surface area contributed by atoms with E-state index in [1.54, 1.807) is 32.4 Å². The third kappa shape index (κ3) is 4.76. The number of methoxy groups -OCH3 is 2. The lowest BCUT2D eigenvalue weighted by Crippen LogP contribution is -2.24. The highest BCUT2D eigenvalue weighted by atomic mass is 79.9. The quantitative estimate of drug-likeness (QED) is 0.836. The van der Waals surface area contributed by atoms with Gasteiger partial charge in [0.2, 0.25) is 0 Å². The summed E-state index contributed by atoms with van der Waals surface area (Å²) in [6, 6.07) is 12.7. The molecule has 0 fully saturated rings. The topological polar surface area (TPSA) is 47.6 Å². The van der Waals surface area contributed by atoms with Crippen molar-refractivity contribution in [3.8, 4) is 23.3 Å². The van der Waals surface area contributed by atoms with Crippen LogP contribution in [-0.2, 0) is 0 Å². The molecule has 118 valence electrons. The molecule has 2 rings (SSSR count). The first-order chi connectivity index (χ1) is 11.1. The van der Waals surface area contributed by atoms with Gasteiger partial charge in [0, 0.05) is 10.0 Å². The van der Waals surface area contributed by atoms with Crippen molar-refractivity contribution in [3.05, 3.63) is 58.1 Å². The number of hydrogen-bond donors (Lipinski definition) is 1. The van der Waals surface area contributed by atoms with E-state index in [1.807, 2.05) is 24.3 Å². The Morgan fingerprint density at radius 2 is 1.74 bits per heavy atom. The highest BCUT2D eigenvalue weighted by Crippen LogP contribution is 2.22. The average Bonchev–Trinajstić information content (AvgIpc) is 2.59. The van der Waals surface area contributed by atoms with E-state index in [0.29, 0.717) is 15.8 Å². The number of hydrogen-bond acceptors (Lipinski definition) is 3. The summed E-state index contributed by atoms with van der Waals surface area (Å²) < 4.78 is 10.9. The summed E-state index contributed by atoms with van der Waals surface area (Å²) in [4.78, 5) is 12.1. The van der Waals surface area contributed by atoms with Crippen LogP contribution in [0.2, 0.25) is 0 Å². The first-order valence-electron chi connectivity index (χ1n) is 6.88. The van der Waals surface area contributed by atoms with Crippen LogP contribution < -0.4 is 14.8 Å². The van der Waals surface area contributed by atoms with E-state index in [1.165, 1.54) is 0 Å². The van der Waals surface area contributed by atoms with Crippen LogP contribution in [0.5, 0.6) is 11.5 Å². The van der Waals surface area contributed by atoms with Crippen LogP contribution in [0.4, 0.5) is 0 Å². The lowest BCUT2D eigenvalue weighted by Gasteiger charge is -2.06. The van der Waals surface area contributed by atoms with Crippen LogP contribution in [0.25, 0.3) is 0 Å². The zero-order valence-corrected chi connectivity index (χ0v) is 14.4. The lowest BCUT2D eigenvalue weighted by atomic mass is 10.2. The molecule has 1 N–H and O–H groups in total. The fourth-order valence-corrected chi connectivity index (χ4v) is 2.27. The zero-order chi connectivity index (χ0) is 16.7. The van der Waals surface area contributed by atoms with Gasteiger partial charge in [0.15, 0.2) is 0 Å². The third-order valence-electron chi connectivity index (χ3n) is 3.08. The van der Waals surface area contributed by atoms with Crippen molar-refractivity contribution in [2.24, 2.45) is 0 Å². The zero-order valence-electron chi connectivity index (χ0n) is 12.9. The number of amides is 1. The van der Waals surface area contributed by atoms with Crippen LogP contribution in [0.15, 0.2) is 46.9 Å². The molecule has 5 heteroatoms. The Balaban J connectivity index is 1.96. The molecule has 4 nitrogen and oxygen atoms in total. The second-order valence-electron chi connectivity index (χ2n) is 4.56. The SMILES string of the molecule is COc1ccc(C#CCNC(=O)c2cc(OC)ccc2Br)cc1. The molecule has 0 saturated heterocycles. The fraction of sp³-hybridized carbons (Fsp3) is 0.167. The number of halogens is 1.